The van der Waals surface area contributed by atoms with Gasteiger partial charge in [-0.3, -0.25) is 9.59 Å². The molecule has 5 nitrogen and oxygen atoms in total. The van der Waals surface area contributed by atoms with Crippen molar-refractivity contribution >= 4 is 34.8 Å². The lowest BCUT2D eigenvalue weighted by Crippen LogP contribution is -2.44. The summed E-state index contributed by atoms with van der Waals surface area (Å²) < 4.78 is 0.742. The number of aliphatic hydroxyl groups excluding tert-OH is 1. The number of piperidine rings is 1. The fourth-order valence-electron chi connectivity index (χ4n) is 3.72. The zero-order valence-electron chi connectivity index (χ0n) is 15.7. The number of carboxylic acids is 1. The minimum atomic E-state index is -0.747. The summed E-state index contributed by atoms with van der Waals surface area (Å²) in [5.41, 5.74) is 0.993. The number of halogens is 1. The van der Waals surface area contributed by atoms with Crippen LogP contribution in [0.4, 0.5) is 0 Å². The first-order valence-electron chi connectivity index (χ1n) is 9.88. The lowest BCUT2D eigenvalue weighted by molar-refractivity contribution is -0.137. The summed E-state index contributed by atoms with van der Waals surface area (Å²) in [6, 6.07) is 2.16. The molecule has 0 radical (unpaired) electrons. The largest absolute Gasteiger partial charge is 0.481 e. The molecule has 152 valence electrons. The van der Waals surface area contributed by atoms with E-state index in [9.17, 15) is 14.7 Å². The molecule has 0 aromatic carbocycles. The Labute approximate surface area is 170 Å². The van der Waals surface area contributed by atoms with E-state index in [1.54, 1.807) is 0 Å². The van der Waals surface area contributed by atoms with E-state index < -0.39 is 12.1 Å². The van der Waals surface area contributed by atoms with E-state index in [-0.39, 0.29) is 18.4 Å². The van der Waals surface area contributed by atoms with Crippen LogP contribution in [0.1, 0.15) is 69.8 Å². The van der Waals surface area contributed by atoms with Gasteiger partial charge >= 0.3 is 5.97 Å². The van der Waals surface area contributed by atoms with Gasteiger partial charge in [0.2, 0.25) is 5.91 Å². The maximum atomic E-state index is 12.3. The molecule has 0 spiro atoms. The van der Waals surface area contributed by atoms with Gasteiger partial charge in [0.1, 0.15) is 0 Å². The van der Waals surface area contributed by atoms with E-state index in [1.807, 2.05) is 16.3 Å². The molecule has 2 atom stereocenters. The monoisotopic (exact) mass is 415 g/mol. The van der Waals surface area contributed by atoms with E-state index in [2.05, 4.69) is 0 Å². The molecule has 1 unspecified atom stereocenters. The first-order valence-corrected chi connectivity index (χ1v) is 11.1. The highest BCUT2D eigenvalue weighted by atomic mass is 35.5. The van der Waals surface area contributed by atoms with Gasteiger partial charge < -0.3 is 15.1 Å². The Kier molecular flexibility index (Phi) is 9.59. The summed E-state index contributed by atoms with van der Waals surface area (Å²) in [6.45, 7) is 0.739. The van der Waals surface area contributed by atoms with E-state index in [4.69, 9.17) is 16.7 Å². The average Bonchev–Trinajstić information content (AvgIpc) is 3.02. The second-order valence-electron chi connectivity index (χ2n) is 7.35. The standard InChI is InChI=1S/C20H30ClNO4S/c21-20-15(11-13-27-20)14-17(23)10-9-16-6-5-7-18(24)22(16)12-4-2-1-3-8-19(25)26/h11,13,16-17,23H,1-10,12,14H2,(H,25,26)/t16-,17?/m1/s1. The van der Waals surface area contributed by atoms with Crippen LogP contribution in [0.2, 0.25) is 4.34 Å². The molecule has 2 N–H and O–H groups in total. The minimum Gasteiger partial charge on any atom is -0.481 e. The van der Waals surface area contributed by atoms with Crippen LogP contribution in [-0.4, -0.2) is 45.7 Å². The number of carbonyl (C=O) groups is 2. The quantitative estimate of drug-likeness (QED) is 0.492. The Balaban J connectivity index is 1.73. The Morgan fingerprint density at radius 2 is 2.11 bits per heavy atom. The maximum Gasteiger partial charge on any atom is 0.303 e. The molecule has 1 aliphatic rings. The molecule has 0 bridgehead atoms. The lowest BCUT2D eigenvalue weighted by Gasteiger charge is -2.36. The van der Waals surface area contributed by atoms with Crippen LogP contribution in [0, 0.1) is 0 Å². The smallest absolute Gasteiger partial charge is 0.303 e. The maximum absolute atomic E-state index is 12.3. The third-order valence-electron chi connectivity index (χ3n) is 5.21. The number of rotatable bonds is 12. The van der Waals surface area contributed by atoms with Crippen LogP contribution < -0.4 is 0 Å². The zero-order valence-corrected chi connectivity index (χ0v) is 17.3. The predicted molar refractivity (Wildman–Crippen MR) is 108 cm³/mol. The van der Waals surface area contributed by atoms with Crippen molar-refractivity contribution in [3.63, 3.8) is 0 Å². The Hall–Kier alpha value is -1.11. The van der Waals surface area contributed by atoms with Crippen LogP contribution in [0.25, 0.3) is 0 Å². The van der Waals surface area contributed by atoms with Crippen molar-refractivity contribution in [1.29, 1.82) is 0 Å². The summed E-state index contributed by atoms with van der Waals surface area (Å²) in [5.74, 6) is -0.532. The Morgan fingerprint density at radius 1 is 1.33 bits per heavy atom. The summed E-state index contributed by atoms with van der Waals surface area (Å²) in [4.78, 5) is 24.9. The third-order valence-corrected chi connectivity index (χ3v) is 6.46. The highest BCUT2D eigenvalue weighted by Crippen LogP contribution is 2.27. The number of amides is 1. The van der Waals surface area contributed by atoms with E-state index in [0.29, 0.717) is 25.7 Å². The molecule has 7 heteroatoms. The zero-order chi connectivity index (χ0) is 19.6. The molecule has 0 saturated carbocycles. The topological polar surface area (TPSA) is 77.8 Å². The number of carbonyl (C=O) groups excluding carboxylic acids is 1. The van der Waals surface area contributed by atoms with E-state index >= 15 is 0 Å². The van der Waals surface area contributed by atoms with Gasteiger partial charge in [0.15, 0.2) is 0 Å². The van der Waals surface area contributed by atoms with Crippen molar-refractivity contribution in [3.05, 3.63) is 21.3 Å². The molecule has 1 aromatic heterocycles. The third kappa shape index (κ3) is 7.80. The summed E-state index contributed by atoms with van der Waals surface area (Å²) in [6.07, 6.45) is 7.80. The number of unbranched alkanes of at least 4 members (excludes halogenated alkanes) is 3. The van der Waals surface area contributed by atoms with E-state index in [0.717, 1.165) is 55.0 Å². The number of aliphatic hydroxyl groups is 1. The van der Waals surface area contributed by atoms with Crippen LogP contribution in [0.15, 0.2) is 11.4 Å². The predicted octanol–water partition coefficient (Wildman–Crippen LogP) is 4.50. The van der Waals surface area contributed by atoms with Crippen molar-refractivity contribution in [3.8, 4) is 0 Å². The highest BCUT2D eigenvalue weighted by Gasteiger charge is 2.27. The lowest BCUT2D eigenvalue weighted by atomic mass is 9.94. The first-order chi connectivity index (χ1) is 13.0. The van der Waals surface area contributed by atoms with Gasteiger partial charge in [-0.25, -0.2) is 0 Å². The number of aliphatic carboxylic acids is 1. The van der Waals surface area contributed by atoms with Gasteiger partial charge in [-0.2, -0.15) is 0 Å². The van der Waals surface area contributed by atoms with Crippen LogP contribution >= 0.6 is 22.9 Å². The Morgan fingerprint density at radius 3 is 2.81 bits per heavy atom. The molecular weight excluding hydrogens is 386 g/mol. The molecule has 2 rings (SSSR count). The summed E-state index contributed by atoms with van der Waals surface area (Å²) in [7, 11) is 0. The first kappa shape index (κ1) is 22.2. The molecule has 1 fully saturated rings. The van der Waals surface area contributed by atoms with Crippen molar-refractivity contribution in [2.24, 2.45) is 0 Å². The SMILES string of the molecule is O=C(O)CCCCCCN1C(=O)CCC[C@@H]1CCC(O)Cc1ccsc1Cl. The van der Waals surface area contributed by atoms with Gasteiger partial charge in [-0.05, 0) is 55.5 Å². The summed E-state index contributed by atoms with van der Waals surface area (Å²) in [5, 5.41) is 20.9. The highest BCUT2D eigenvalue weighted by molar-refractivity contribution is 7.14. The molecule has 1 saturated heterocycles. The fourth-order valence-corrected chi connectivity index (χ4v) is 4.67. The Bertz CT molecular complexity index is 607. The van der Waals surface area contributed by atoms with E-state index in [1.165, 1.54) is 11.3 Å². The molecule has 1 amide bonds. The van der Waals surface area contributed by atoms with Crippen molar-refractivity contribution < 1.29 is 19.8 Å². The number of hydrogen-bond acceptors (Lipinski definition) is 4. The fraction of sp³-hybridized carbons (Fsp3) is 0.700. The van der Waals surface area contributed by atoms with Crippen LogP contribution in [-0.2, 0) is 16.0 Å². The number of likely N-dealkylation sites (tertiary alicyclic amines) is 1. The second-order valence-corrected chi connectivity index (χ2v) is 8.86. The molecule has 27 heavy (non-hydrogen) atoms. The van der Waals surface area contributed by atoms with Crippen molar-refractivity contribution in [2.45, 2.75) is 82.8 Å². The van der Waals surface area contributed by atoms with Crippen LogP contribution in [0.3, 0.4) is 0 Å². The summed E-state index contributed by atoms with van der Waals surface area (Å²) >= 11 is 7.59. The number of thiophene rings is 1. The second kappa shape index (κ2) is 11.7. The number of nitrogens with zero attached hydrogens (tertiary/aromatic N) is 1. The van der Waals surface area contributed by atoms with Gasteiger partial charge in [0.05, 0.1) is 10.4 Å². The van der Waals surface area contributed by atoms with Gasteiger partial charge in [0.25, 0.3) is 0 Å². The van der Waals surface area contributed by atoms with Crippen molar-refractivity contribution in [1.82, 2.24) is 4.90 Å². The average molecular weight is 416 g/mol. The minimum absolute atomic E-state index is 0.206. The van der Waals surface area contributed by atoms with Gasteiger partial charge in [-0.15, -0.1) is 11.3 Å². The van der Waals surface area contributed by atoms with Crippen LogP contribution in [0.5, 0.6) is 0 Å². The van der Waals surface area contributed by atoms with Crippen molar-refractivity contribution in [2.75, 3.05) is 6.54 Å². The number of carboxylic acid groups (broad SMARTS) is 1. The molecule has 1 aromatic rings. The molecule has 2 heterocycles. The normalized spacial score (nSPS) is 18.7. The molecular formula is C20H30ClNO4S. The van der Waals surface area contributed by atoms with Gasteiger partial charge in [0, 0.05) is 31.8 Å². The van der Waals surface area contributed by atoms with Gasteiger partial charge in [-0.1, -0.05) is 24.4 Å². The number of hydrogen-bond donors (Lipinski definition) is 2. The molecule has 1 aliphatic heterocycles. The molecule has 0 aliphatic carbocycles.